The Balaban J connectivity index is 3.94. The molecular weight excluding hydrogens is 254 g/mol. The Hall–Kier alpha value is -1.63. The van der Waals surface area contributed by atoms with Crippen LogP contribution in [0.15, 0.2) is 0 Å². The minimum Gasteiger partial charge on any atom is -0.481 e. The molecule has 0 unspecified atom stereocenters. The van der Waals surface area contributed by atoms with Gasteiger partial charge in [0, 0.05) is 19.4 Å². The zero-order chi connectivity index (χ0) is 14.7. The topological polar surface area (TPSA) is 113 Å². The summed E-state index contributed by atoms with van der Waals surface area (Å²) in [5, 5.41) is 19.7. The molecule has 0 aliphatic carbocycles. The van der Waals surface area contributed by atoms with E-state index in [2.05, 4.69) is 5.32 Å². The molecule has 19 heavy (non-hydrogen) atoms. The molecule has 1 atom stereocenters. The normalized spacial score (nSPS) is 11.8. The largest absolute Gasteiger partial charge is 0.481 e. The highest BCUT2D eigenvalue weighted by molar-refractivity contribution is 5.83. The number of ether oxygens (including phenoxy) is 1. The Kier molecular flexibility index (Phi) is 9.42. The molecule has 0 spiro atoms. The van der Waals surface area contributed by atoms with E-state index in [1.54, 1.807) is 0 Å². The summed E-state index contributed by atoms with van der Waals surface area (Å²) >= 11 is 0. The van der Waals surface area contributed by atoms with Crippen molar-refractivity contribution in [1.29, 1.82) is 0 Å². The van der Waals surface area contributed by atoms with Crippen molar-refractivity contribution in [2.75, 3.05) is 13.2 Å². The molecule has 0 fully saturated rings. The molecule has 7 nitrogen and oxygen atoms in total. The van der Waals surface area contributed by atoms with Crippen molar-refractivity contribution in [1.82, 2.24) is 5.32 Å². The molecular formula is C12H21NO6. The quantitative estimate of drug-likeness (QED) is 0.477. The summed E-state index contributed by atoms with van der Waals surface area (Å²) in [7, 11) is 0. The highest BCUT2D eigenvalue weighted by atomic mass is 16.5. The predicted octanol–water partition coefficient (Wildman–Crippen LogP) is 0.627. The van der Waals surface area contributed by atoms with Gasteiger partial charge in [-0.1, -0.05) is 6.92 Å². The van der Waals surface area contributed by atoms with Crippen molar-refractivity contribution in [3.05, 3.63) is 0 Å². The van der Waals surface area contributed by atoms with Gasteiger partial charge in [0.05, 0.1) is 6.61 Å². The number of carbonyl (C=O) groups is 3. The van der Waals surface area contributed by atoms with Crippen LogP contribution in [0.2, 0.25) is 0 Å². The highest BCUT2D eigenvalue weighted by Gasteiger charge is 2.19. The van der Waals surface area contributed by atoms with Crippen molar-refractivity contribution in [2.45, 2.75) is 45.1 Å². The second-order valence-corrected chi connectivity index (χ2v) is 4.11. The highest BCUT2D eigenvalue weighted by Crippen LogP contribution is 2.02. The second-order valence-electron chi connectivity index (χ2n) is 4.11. The van der Waals surface area contributed by atoms with Crippen LogP contribution in [0, 0.1) is 0 Å². The maximum absolute atomic E-state index is 11.4. The summed E-state index contributed by atoms with van der Waals surface area (Å²) in [4.78, 5) is 32.7. The van der Waals surface area contributed by atoms with Gasteiger partial charge in [0.2, 0.25) is 5.91 Å². The lowest BCUT2D eigenvalue weighted by atomic mass is 10.1. The van der Waals surface area contributed by atoms with Crippen LogP contribution >= 0.6 is 0 Å². The minimum atomic E-state index is -1.16. The average molecular weight is 275 g/mol. The molecule has 3 N–H and O–H groups in total. The van der Waals surface area contributed by atoms with Gasteiger partial charge in [0.25, 0.3) is 0 Å². The fourth-order valence-electron chi connectivity index (χ4n) is 1.39. The number of hydrogen-bond acceptors (Lipinski definition) is 4. The van der Waals surface area contributed by atoms with Crippen LogP contribution < -0.4 is 5.32 Å². The van der Waals surface area contributed by atoms with E-state index in [4.69, 9.17) is 14.9 Å². The van der Waals surface area contributed by atoms with Gasteiger partial charge in [0.1, 0.15) is 6.04 Å². The summed E-state index contributed by atoms with van der Waals surface area (Å²) in [6.45, 7) is 2.76. The summed E-state index contributed by atoms with van der Waals surface area (Å²) in [5.41, 5.74) is 0. The lowest BCUT2D eigenvalue weighted by Crippen LogP contribution is -2.41. The fraction of sp³-hybridized carbons (Fsp3) is 0.750. The van der Waals surface area contributed by atoms with Crippen LogP contribution in [0.5, 0.6) is 0 Å². The third kappa shape index (κ3) is 10.0. The molecule has 110 valence electrons. The Morgan fingerprint density at radius 2 is 1.84 bits per heavy atom. The Bertz CT molecular complexity index is 305. The molecule has 0 aromatic carbocycles. The first-order valence-electron chi connectivity index (χ1n) is 6.29. The average Bonchev–Trinajstić information content (AvgIpc) is 2.33. The van der Waals surface area contributed by atoms with E-state index in [0.29, 0.717) is 6.61 Å². The molecule has 0 heterocycles. The van der Waals surface area contributed by atoms with E-state index in [1.807, 2.05) is 6.92 Å². The van der Waals surface area contributed by atoms with Crippen LogP contribution in [-0.4, -0.2) is 47.3 Å². The number of carboxylic acids is 2. The van der Waals surface area contributed by atoms with E-state index in [9.17, 15) is 14.4 Å². The van der Waals surface area contributed by atoms with Crippen molar-refractivity contribution in [2.24, 2.45) is 0 Å². The maximum atomic E-state index is 11.4. The number of hydrogen-bond donors (Lipinski definition) is 3. The zero-order valence-corrected chi connectivity index (χ0v) is 11.1. The van der Waals surface area contributed by atoms with Gasteiger partial charge in [-0.3, -0.25) is 9.59 Å². The first-order valence-corrected chi connectivity index (χ1v) is 6.29. The number of nitrogens with one attached hydrogen (secondary N) is 1. The second kappa shape index (κ2) is 10.3. The van der Waals surface area contributed by atoms with Crippen LogP contribution in [-0.2, 0) is 19.1 Å². The molecule has 0 aliphatic heterocycles. The van der Waals surface area contributed by atoms with Gasteiger partial charge in [-0.2, -0.15) is 0 Å². The zero-order valence-electron chi connectivity index (χ0n) is 11.1. The van der Waals surface area contributed by atoms with Gasteiger partial charge in [-0.05, 0) is 19.3 Å². The molecule has 0 saturated carbocycles. The summed E-state index contributed by atoms with van der Waals surface area (Å²) in [6.07, 6.45) is 1.15. The lowest BCUT2D eigenvalue weighted by molar-refractivity contribution is -0.142. The van der Waals surface area contributed by atoms with Crippen LogP contribution in [0.1, 0.15) is 39.0 Å². The lowest BCUT2D eigenvalue weighted by Gasteiger charge is -2.14. The van der Waals surface area contributed by atoms with Crippen molar-refractivity contribution in [3.8, 4) is 0 Å². The van der Waals surface area contributed by atoms with Crippen LogP contribution in [0.3, 0.4) is 0 Å². The molecule has 0 saturated heterocycles. The fourth-order valence-corrected chi connectivity index (χ4v) is 1.39. The van der Waals surface area contributed by atoms with E-state index in [0.717, 1.165) is 6.42 Å². The summed E-state index contributed by atoms with van der Waals surface area (Å²) in [5.74, 6) is -2.55. The molecule has 0 radical (unpaired) electrons. The first-order chi connectivity index (χ1) is 8.97. The van der Waals surface area contributed by atoms with Gasteiger partial charge in [0.15, 0.2) is 0 Å². The van der Waals surface area contributed by atoms with Gasteiger partial charge in [-0.25, -0.2) is 4.79 Å². The summed E-state index contributed by atoms with van der Waals surface area (Å²) < 4.78 is 5.12. The third-order valence-corrected chi connectivity index (χ3v) is 2.34. The molecule has 0 aliphatic rings. The molecule has 0 aromatic rings. The smallest absolute Gasteiger partial charge is 0.326 e. The van der Waals surface area contributed by atoms with E-state index in [1.165, 1.54) is 0 Å². The SMILES string of the molecule is CCCOCCC(=O)N[C@H](CCCC(=O)O)C(=O)O. The Morgan fingerprint density at radius 1 is 1.16 bits per heavy atom. The van der Waals surface area contributed by atoms with Gasteiger partial charge >= 0.3 is 11.9 Å². The van der Waals surface area contributed by atoms with Crippen molar-refractivity contribution >= 4 is 17.8 Å². The molecule has 7 heteroatoms. The van der Waals surface area contributed by atoms with E-state index < -0.39 is 23.9 Å². The minimum absolute atomic E-state index is 0.0999. The number of carbonyl (C=O) groups excluding carboxylic acids is 1. The number of carboxylic acid groups (broad SMARTS) is 2. The maximum Gasteiger partial charge on any atom is 0.326 e. The predicted molar refractivity (Wildman–Crippen MR) is 66.8 cm³/mol. The molecule has 1 amide bonds. The van der Waals surface area contributed by atoms with Crippen molar-refractivity contribution in [3.63, 3.8) is 0 Å². The Morgan fingerprint density at radius 3 is 2.37 bits per heavy atom. The summed E-state index contributed by atoms with van der Waals surface area (Å²) in [6, 6.07) is -1.04. The molecule has 0 bridgehead atoms. The molecule has 0 aromatic heterocycles. The van der Waals surface area contributed by atoms with Crippen molar-refractivity contribution < 1.29 is 29.3 Å². The number of rotatable bonds is 11. The van der Waals surface area contributed by atoms with Gasteiger partial charge < -0.3 is 20.3 Å². The first kappa shape index (κ1) is 17.4. The molecule has 0 rings (SSSR count). The Labute approximate surface area is 111 Å². The number of aliphatic carboxylic acids is 2. The van der Waals surface area contributed by atoms with Crippen LogP contribution in [0.25, 0.3) is 0 Å². The number of amides is 1. The third-order valence-electron chi connectivity index (χ3n) is 2.34. The van der Waals surface area contributed by atoms with E-state index >= 15 is 0 Å². The van der Waals surface area contributed by atoms with Crippen LogP contribution in [0.4, 0.5) is 0 Å². The monoisotopic (exact) mass is 275 g/mol. The van der Waals surface area contributed by atoms with E-state index in [-0.39, 0.29) is 32.3 Å². The standard InChI is InChI=1S/C12H21NO6/c1-2-7-19-8-6-10(14)13-9(12(17)18)4-3-5-11(15)16/h9H,2-8H2,1H3,(H,13,14)(H,15,16)(H,17,18)/t9-/m1/s1. The van der Waals surface area contributed by atoms with Gasteiger partial charge in [-0.15, -0.1) is 0 Å².